The molecule has 0 fully saturated rings. The number of hydrogen-bond acceptors (Lipinski definition) is 6. The maximum absolute atomic E-state index is 13.8. The standard InChI is InChI=1S/C26H27N3O3S2/c1-15-10-16(2)21(17(3)11-15)14-33-26-27-24-23(25(31)29(26)12-19-6-5-9-32-19)20-7-8-28(18(4)30)13-22(20)34-24/h5-6,9-11H,7-8,12-14H2,1-4H3. The van der Waals surface area contributed by atoms with Gasteiger partial charge in [0.05, 0.1) is 24.7 Å². The summed E-state index contributed by atoms with van der Waals surface area (Å²) in [5.74, 6) is 1.52. The van der Waals surface area contributed by atoms with Crippen LogP contribution in [0.4, 0.5) is 0 Å². The quantitative estimate of drug-likeness (QED) is 0.282. The zero-order chi connectivity index (χ0) is 24.0. The first-order valence-electron chi connectivity index (χ1n) is 11.3. The second kappa shape index (κ2) is 9.07. The minimum absolute atomic E-state index is 0.0324. The summed E-state index contributed by atoms with van der Waals surface area (Å²) in [6.45, 7) is 9.50. The maximum Gasteiger partial charge on any atom is 0.263 e. The molecule has 0 bridgehead atoms. The first-order valence-corrected chi connectivity index (χ1v) is 13.1. The molecule has 1 aliphatic rings. The SMILES string of the molecule is CC(=O)N1CCc2c(sc3nc(SCc4c(C)cc(C)cc4C)n(Cc4ccco4)c(=O)c23)C1. The highest BCUT2D eigenvalue weighted by atomic mass is 32.2. The molecule has 0 aliphatic carbocycles. The van der Waals surface area contributed by atoms with Crippen molar-refractivity contribution >= 4 is 39.2 Å². The van der Waals surface area contributed by atoms with Crippen molar-refractivity contribution in [3.8, 4) is 0 Å². The van der Waals surface area contributed by atoms with Crippen LogP contribution >= 0.6 is 23.1 Å². The zero-order valence-corrected chi connectivity index (χ0v) is 21.4. The summed E-state index contributed by atoms with van der Waals surface area (Å²) in [5.41, 5.74) is 6.04. The van der Waals surface area contributed by atoms with Gasteiger partial charge in [0.25, 0.3) is 5.56 Å². The zero-order valence-electron chi connectivity index (χ0n) is 19.8. The summed E-state index contributed by atoms with van der Waals surface area (Å²) in [5, 5.41) is 1.39. The lowest BCUT2D eigenvalue weighted by Gasteiger charge is -2.25. The van der Waals surface area contributed by atoms with E-state index >= 15 is 0 Å². The first-order chi connectivity index (χ1) is 16.3. The van der Waals surface area contributed by atoms with E-state index in [1.54, 1.807) is 40.9 Å². The molecule has 1 aromatic carbocycles. The van der Waals surface area contributed by atoms with Gasteiger partial charge in [-0.2, -0.15) is 0 Å². The van der Waals surface area contributed by atoms with Crippen molar-refractivity contribution in [3.05, 3.63) is 79.3 Å². The number of furan rings is 1. The summed E-state index contributed by atoms with van der Waals surface area (Å²) >= 11 is 3.13. The monoisotopic (exact) mass is 493 g/mol. The number of carbonyl (C=O) groups excluding carboxylic acids is 1. The van der Waals surface area contributed by atoms with E-state index in [4.69, 9.17) is 9.40 Å². The fourth-order valence-corrected chi connectivity index (χ4v) is 7.18. The van der Waals surface area contributed by atoms with Gasteiger partial charge >= 0.3 is 0 Å². The van der Waals surface area contributed by atoms with Crippen LogP contribution in [0.3, 0.4) is 0 Å². The summed E-state index contributed by atoms with van der Waals surface area (Å²) in [4.78, 5) is 34.4. The normalized spacial score (nSPS) is 13.5. The van der Waals surface area contributed by atoms with Gasteiger partial charge in [-0.3, -0.25) is 14.2 Å². The molecule has 6 nitrogen and oxygen atoms in total. The molecule has 3 aromatic heterocycles. The number of aromatic nitrogens is 2. The highest BCUT2D eigenvalue weighted by molar-refractivity contribution is 7.98. The number of hydrogen-bond donors (Lipinski definition) is 0. The van der Waals surface area contributed by atoms with E-state index in [-0.39, 0.29) is 11.5 Å². The van der Waals surface area contributed by atoms with Crippen LogP contribution in [0.2, 0.25) is 0 Å². The molecule has 8 heteroatoms. The number of benzene rings is 1. The van der Waals surface area contributed by atoms with Gasteiger partial charge in [0, 0.05) is 24.1 Å². The van der Waals surface area contributed by atoms with Gasteiger partial charge in [0.2, 0.25) is 5.91 Å². The van der Waals surface area contributed by atoms with Crippen LogP contribution in [-0.4, -0.2) is 26.9 Å². The van der Waals surface area contributed by atoms with Crippen molar-refractivity contribution in [1.29, 1.82) is 0 Å². The van der Waals surface area contributed by atoms with Crippen molar-refractivity contribution in [2.24, 2.45) is 0 Å². The fourth-order valence-electron chi connectivity index (χ4n) is 4.71. The second-order valence-corrected chi connectivity index (χ2v) is 10.9. The van der Waals surface area contributed by atoms with E-state index < -0.39 is 0 Å². The predicted molar refractivity (Wildman–Crippen MR) is 137 cm³/mol. The Labute approximate surface area is 206 Å². The Hall–Kier alpha value is -2.84. The first kappa shape index (κ1) is 22.9. The molecule has 5 rings (SSSR count). The van der Waals surface area contributed by atoms with Gasteiger partial charge in [-0.1, -0.05) is 29.5 Å². The Balaban J connectivity index is 1.59. The molecule has 0 unspecified atom stereocenters. The average Bonchev–Trinajstić information content (AvgIpc) is 3.42. The fraction of sp³-hybridized carbons (Fsp3) is 0.346. The van der Waals surface area contributed by atoms with E-state index in [0.29, 0.717) is 36.6 Å². The Morgan fingerprint density at radius 3 is 2.68 bits per heavy atom. The third-order valence-electron chi connectivity index (χ3n) is 6.45. The molecule has 0 spiro atoms. The number of fused-ring (bicyclic) bond motifs is 3. The van der Waals surface area contributed by atoms with E-state index in [0.717, 1.165) is 26.8 Å². The van der Waals surface area contributed by atoms with Gasteiger partial charge in [-0.15, -0.1) is 11.3 Å². The van der Waals surface area contributed by atoms with Gasteiger partial charge < -0.3 is 9.32 Å². The average molecular weight is 494 g/mol. The number of thioether (sulfide) groups is 1. The Morgan fingerprint density at radius 1 is 1.24 bits per heavy atom. The smallest absolute Gasteiger partial charge is 0.263 e. The molecule has 4 aromatic rings. The molecular weight excluding hydrogens is 466 g/mol. The second-order valence-electron chi connectivity index (χ2n) is 8.91. The molecule has 1 aliphatic heterocycles. The van der Waals surface area contributed by atoms with Crippen molar-refractivity contribution in [3.63, 3.8) is 0 Å². The minimum Gasteiger partial charge on any atom is -0.467 e. The van der Waals surface area contributed by atoms with Crippen molar-refractivity contribution in [2.75, 3.05) is 6.54 Å². The third kappa shape index (κ3) is 4.20. The van der Waals surface area contributed by atoms with Crippen molar-refractivity contribution in [1.82, 2.24) is 14.5 Å². The van der Waals surface area contributed by atoms with Crippen LogP contribution in [0.1, 0.15) is 45.4 Å². The molecule has 0 atom stereocenters. The number of amides is 1. The lowest BCUT2D eigenvalue weighted by Crippen LogP contribution is -2.34. The van der Waals surface area contributed by atoms with Crippen LogP contribution in [0, 0.1) is 20.8 Å². The molecule has 0 saturated carbocycles. The van der Waals surface area contributed by atoms with Crippen LogP contribution in [0.25, 0.3) is 10.2 Å². The van der Waals surface area contributed by atoms with Crippen LogP contribution < -0.4 is 5.56 Å². The van der Waals surface area contributed by atoms with Gasteiger partial charge in [0.1, 0.15) is 10.6 Å². The third-order valence-corrected chi connectivity index (χ3v) is 8.56. The summed E-state index contributed by atoms with van der Waals surface area (Å²) < 4.78 is 7.31. The van der Waals surface area contributed by atoms with Crippen LogP contribution in [0.5, 0.6) is 0 Å². The van der Waals surface area contributed by atoms with Crippen molar-refractivity contribution in [2.45, 2.75) is 58.1 Å². The van der Waals surface area contributed by atoms with Gasteiger partial charge in [0.15, 0.2) is 5.16 Å². The van der Waals surface area contributed by atoms with E-state index in [1.807, 2.05) is 17.0 Å². The summed E-state index contributed by atoms with van der Waals surface area (Å²) in [6, 6.07) is 8.11. The van der Waals surface area contributed by atoms with Crippen LogP contribution in [0.15, 0.2) is 44.9 Å². The molecule has 0 N–H and O–H groups in total. The lowest BCUT2D eigenvalue weighted by atomic mass is 10.0. The minimum atomic E-state index is -0.0324. The molecular formula is C26H27N3O3S2. The number of nitrogens with zero attached hydrogens (tertiary/aromatic N) is 3. The van der Waals surface area contributed by atoms with E-state index in [2.05, 4.69) is 32.9 Å². The summed E-state index contributed by atoms with van der Waals surface area (Å²) in [7, 11) is 0. The Morgan fingerprint density at radius 2 is 2.00 bits per heavy atom. The molecule has 176 valence electrons. The van der Waals surface area contributed by atoms with Gasteiger partial charge in [-0.05, 0) is 61.6 Å². The molecule has 0 saturated heterocycles. The highest BCUT2D eigenvalue weighted by Gasteiger charge is 2.26. The van der Waals surface area contributed by atoms with Crippen molar-refractivity contribution < 1.29 is 9.21 Å². The lowest BCUT2D eigenvalue weighted by molar-refractivity contribution is -0.129. The number of carbonyl (C=O) groups is 1. The molecule has 34 heavy (non-hydrogen) atoms. The predicted octanol–water partition coefficient (Wildman–Crippen LogP) is 5.22. The van der Waals surface area contributed by atoms with Crippen LogP contribution in [-0.2, 0) is 30.1 Å². The number of rotatable bonds is 5. The number of thiophene rings is 1. The molecule has 0 radical (unpaired) electrons. The molecule has 4 heterocycles. The van der Waals surface area contributed by atoms with Gasteiger partial charge in [-0.25, -0.2) is 4.98 Å². The molecule has 1 amide bonds. The summed E-state index contributed by atoms with van der Waals surface area (Å²) in [6.07, 6.45) is 2.31. The largest absolute Gasteiger partial charge is 0.467 e. The number of aryl methyl sites for hydroxylation is 3. The Kier molecular flexibility index (Phi) is 6.12. The Bertz CT molecular complexity index is 1430. The topological polar surface area (TPSA) is 68.3 Å². The van der Waals surface area contributed by atoms with E-state index in [1.165, 1.54) is 22.3 Å². The highest BCUT2D eigenvalue weighted by Crippen LogP contribution is 2.35. The maximum atomic E-state index is 13.8. The van der Waals surface area contributed by atoms with E-state index in [9.17, 15) is 9.59 Å².